The number of hydrogen-bond donors (Lipinski definition) is 1. The third-order valence-corrected chi connectivity index (χ3v) is 6.05. The first kappa shape index (κ1) is 16.0. The smallest absolute Gasteiger partial charge is 0.244 e. The Morgan fingerprint density at radius 1 is 1.33 bits per heavy atom. The van der Waals surface area contributed by atoms with Crippen molar-refractivity contribution in [2.75, 3.05) is 6.61 Å². The van der Waals surface area contributed by atoms with Gasteiger partial charge in [0, 0.05) is 17.6 Å². The van der Waals surface area contributed by atoms with E-state index in [1.54, 1.807) is 28.6 Å². The summed E-state index contributed by atoms with van der Waals surface area (Å²) >= 11 is 0. The van der Waals surface area contributed by atoms with Crippen LogP contribution in [0, 0.1) is 11.8 Å². The van der Waals surface area contributed by atoms with Crippen LogP contribution in [0.25, 0.3) is 0 Å². The molecular weight excluding hydrogens is 286 g/mol. The van der Waals surface area contributed by atoms with Gasteiger partial charge < -0.3 is 5.11 Å². The van der Waals surface area contributed by atoms with Crippen LogP contribution in [0.2, 0.25) is 0 Å². The zero-order chi connectivity index (χ0) is 15.5. The minimum Gasteiger partial charge on any atom is -0.384 e. The summed E-state index contributed by atoms with van der Waals surface area (Å²) in [5, 5.41) is 8.82. The molecule has 1 heterocycles. The summed E-state index contributed by atoms with van der Waals surface area (Å²) in [5.74, 6) is 5.26. The van der Waals surface area contributed by atoms with Gasteiger partial charge in [-0.2, -0.15) is 4.31 Å². The van der Waals surface area contributed by atoms with Crippen molar-refractivity contribution < 1.29 is 13.5 Å². The molecule has 0 spiro atoms. The highest BCUT2D eigenvalue weighted by Gasteiger charge is 2.39. The van der Waals surface area contributed by atoms with Crippen molar-refractivity contribution in [1.82, 2.24) is 4.31 Å². The van der Waals surface area contributed by atoms with E-state index in [1.807, 2.05) is 13.8 Å². The Kier molecular flexibility index (Phi) is 5.04. The molecule has 1 aromatic rings. The fraction of sp³-hybridized carbons (Fsp3) is 0.500. The van der Waals surface area contributed by atoms with E-state index in [4.69, 9.17) is 5.11 Å². The van der Waals surface area contributed by atoms with Crippen molar-refractivity contribution in [3.63, 3.8) is 0 Å². The van der Waals surface area contributed by atoms with E-state index in [9.17, 15) is 8.42 Å². The maximum Gasteiger partial charge on any atom is 0.244 e. The topological polar surface area (TPSA) is 57.6 Å². The fourth-order valence-electron chi connectivity index (χ4n) is 2.91. The average molecular weight is 307 g/mol. The van der Waals surface area contributed by atoms with Gasteiger partial charge in [-0.05, 0) is 38.3 Å². The number of aliphatic hydroxyl groups is 1. The Bertz CT molecular complexity index is 658. The van der Waals surface area contributed by atoms with E-state index in [0.29, 0.717) is 5.56 Å². The van der Waals surface area contributed by atoms with Crippen LogP contribution < -0.4 is 0 Å². The molecule has 0 saturated carbocycles. The van der Waals surface area contributed by atoms with Gasteiger partial charge in [0.2, 0.25) is 10.0 Å². The molecule has 1 aromatic carbocycles. The highest BCUT2D eigenvalue weighted by molar-refractivity contribution is 7.89. The molecule has 0 amide bonds. The molecule has 114 valence electrons. The zero-order valence-corrected chi connectivity index (χ0v) is 13.2. The molecule has 1 aliphatic heterocycles. The molecule has 1 N–H and O–H groups in total. The van der Waals surface area contributed by atoms with Gasteiger partial charge in [0.15, 0.2) is 0 Å². The van der Waals surface area contributed by atoms with Crippen molar-refractivity contribution >= 4 is 10.0 Å². The Hall–Kier alpha value is -1.35. The fourth-order valence-corrected chi connectivity index (χ4v) is 5.01. The van der Waals surface area contributed by atoms with Gasteiger partial charge in [-0.3, -0.25) is 0 Å². The number of benzene rings is 1. The molecule has 0 bridgehead atoms. The number of aliphatic hydroxyl groups excluding tert-OH is 1. The van der Waals surface area contributed by atoms with E-state index in [0.717, 1.165) is 19.3 Å². The van der Waals surface area contributed by atoms with E-state index < -0.39 is 10.0 Å². The van der Waals surface area contributed by atoms with Gasteiger partial charge in [0.1, 0.15) is 6.61 Å². The van der Waals surface area contributed by atoms with Gasteiger partial charge >= 0.3 is 0 Å². The molecular formula is C16H21NO3S. The number of sulfonamides is 1. The minimum absolute atomic E-state index is 0.0128. The summed E-state index contributed by atoms with van der Waals surface area (Å²) in [6, 6.07) is 6.80. The lowest BCUT2D eigenvalue weighted by atomic mass is 10.2. The van der Waals surface area contributed by atoms with Crippen molar-refractivity contribution in [3.8, 4) is 11.8 Å². The van der Waals surface area contributed by atoms with E-state index in [-0.39, 0.29) is 23.6 Å². The summed E-state index contributed by atoms with van der Waals surface area (Å²) in [6.45, 7) is 3.68. The molecule has 2 rings (SSSR count). The van der Waals surface area contributed by atoms with Crippen molar-refractivity contribution in [2.24, 2.45) is 0 Å². The number of rotatable bonds is 3. The van der Waals surface area contributed by atoms with Crippen LogP contribution in [0.5, 0.6) is 0 Å². The van der Waals surface area contributed by atoms with Crippen LogP contribution in [0.3, 0.4) is 0 Å². The Balaban J connectivity index is 2.49. The van der Waals surface area contributed by atoms with E-state index in [1.165, 1.54) is 0 Å². The molecule has 5 heteroatoms. The first-order valence-corrected chi connectivity index (χ1v) is 8.68. The second-order valence-corrected chi connectivity index (χ2v) is 7.09. The summed E-state index contributed by atoms with van der Waals surface area (Å²) in [5.41, 5.74) is 0.445. The van der Waals surface area contributed by atoms with Crippen molar-refractivity contribution in [2.45, 2.75) is 50.1 Å². The molecule has 0 aromatic heterocycles. The predicted molar refractivity (Wildman–Crippen MR) is 82.2 cm³/mol. The van der Waals surface area contributed by atoms with Gasteiger partial charge in [-0.25, -0.2) is 8.42 Å². The Labute approximate surface area is 126 Å². The monoisotopic (exact) mass is 307 g/mol. The van der Waals surface area contributed by atoms with E-state index >= 15 is 0 Å². The van der Waals surface area contributed by atoms with Crippen molar-refractivity contribution in [3.05, 3.63) is 29.8 Å². The lowest BCUT2D eigenvalue weighted by molar-refractivity contribution is 0.328. The SMILES string of the molecule is CCC1CCC(C)N1S(=O)(=O)c1ccccc1C#CCO. The number of hydrogen-bond acceptors (Lipinski definition) is 3. The quantitative estimate of drug-likeness (QED) is 0.869. The maximum atomic E-state index is 13.0. The molecule has 1 aliphatic rings. The maximum absolute atomic E-state index is 13.0. The van der Waals surface area contributed by atoms with Gasteiger partial charge in [-0.1, -0.05) is 30.9 Å². The molecule has 2 unspecified atom stereocenters. The number of nitrogens with zero attached hydrogens (tertiary/aromatic N) is 1. The summed E-state index contributed by atoms with van der Waals surface area (Å²) in [6.07, 6.45) is 2.61. The highest BCUT2D eigenvalue weighted by atomic mass is 32.2. The first-order valence-electron chi connectivity index (χ1n) is 7.24. The summed E-state index contributed by atoms with van der Waals surface area (Å²) in [7, 11) is -3.56. The third kappa shape index (κ3) is 3.13. The predicted octanol–water partition coefficient (Wildman–Crippen LogP) is 1.98. The van der Waals surface area contributed by atoms with Crippen LogP contribution >= 0.6 is 0 Å². The minimum atomic E-state index is -3.56. The first-order chi connectivity index (χ1) is 10.0. The Morgan fingerprint density at radius 3 is 2.71 bits per heavy atom. The highest BCUT2D eigenvalue weighted by Crippen LogP contribution is 2.33. The Morgan fingerprint density at radius 2 is 2.05 bits per heavy atom. The third-order valence-electron chi connectivity index (χ3n) is 3.93. The summed E-state index contributed by atoms with van der Waals surface area (Å²) < 4.78 is 27.6. The van der Waals surface area contributed by atoms with Crippen LogP contribution in [-0.2, 0) is 10.0 Å². The van der Waals surface area contributed by atoms with Crippen molar-refractivity contribution in [1.29, 1.82) is 0 Å². The molecule has 4 nitrogen and oxygen atoms in total. The van der Waals surface area contributed by atoms with Crippen LogP contribution in [-0.4, -0.2) is 36.5 Å². The normalized spacial score (nSPS) is 22.8. The largest absolute Gasteiger partial charge is 0.384 e. The van der Waals surface area contributed by atoms with Gasteiger partial charge in [0.25, 0.3) is 0 Å². The van der Waals surface area contributed by atoms with Gasteiger partial charge in [0.05, 0.1) is 4.90 Å². The second kappa shape index (κ2) is 6.61. The molecule has 1 fully saturated rings. The second-order valence-electron chi connectivity index (χ2n) is 5.28. The summed E-state index contributed by atoms with van der Waals surface area (Å²) in [4.78, 5) is 0.234. The molecule has 0 radical (unpaired) electrons. The van der Waals surface area contributed by atoms with Gasteiger partial charge in [-0.15, -0.1) is 0 Å². The molecule has 0 aliphatic carbocycles. The lowest BCUT2D eigenvalue weighted by Crippen LogP contribution is -2.39. The van der Waals surface area contributed by atoms with Crippen LogP contribution in [0.4, 0.5) is 0 Å². The van der Waals surface area contributed by atoms with E-state index in [2.05, 4.69) is 11.8 Å². The molecule has 21 heavy (non-hydrogen) atoms. The molecule has 1 saturated heterocycles. The average Bonchev–Trinajstić information content (AvgIpc) is 2.87. The standard InChI is InChI=1S/C16H21NO3S/c1-3-15-11-10-13(2)17(15)21(19,20)16-9-5-4-7-14(16)8-6-12-18/h4-5,7,9,13,15,18H,3,10-12H2,1-2H3. The van der Waals surface area contributed by atoms with Crippen LogP contribution in [0.15, 0.2) is 29.2 Å². The van der Waals surface area contributed by atoms with Crippen LogP contribution in [0.1, 0.15) is 38.7 Å². The zero-order valence-electron chi connectivity index (χ0n) is 12.4. The molecule has 2 atom stereocenters. The lowest BCUT2D eigenvalue weighted by Gasteiger charge is -2.27.